The van der Waals surface area contributed by atoms with Crippen LogP contribution in [-0.4, -0.2) is 52.7 Å². The van der Waals surface area contributed by atoms with Crippen molar-refractivity contribution < 1.29 is 14.1 Å². The second-order valence-electron chi connectivity index (χ2n) is 5.72. The van der Waals surface area contributed by atoms with Crippen molar-refractivity contribution in [2.45, 2.75) is 26.4 Å². The van der Waals surface area contributed by atoms with Crippen molar-refractivity contribution in [1.29, 1.82) is 0 Å². The Bertz CT molecular complexity index is 711. The number of ether oxygens (including phenoxy) is 1. The van der Waals surface area contributed by atoms with Gasteiger partial charge in [-0.1, -0.05) is 5.16 Å². The molecule has 8 heteroatoms. The van der Waals surface area contributed by atoms with Crippen LogP contribution < -0.4 is 5.32 Å². The van der Waals surface area contributed by atoms with Crippen molar-refractivity contribution in [1.82, 2.24) is 20.0 Å². The number of morpholine rings is 1. The molecule has 0 bridgehead atoms. The molecule has 1 N–H and O–H groups in total. The quantitative estimate of drug-likeness (QED) is 0.901. The van der Waals surface area contributed by atoms with Crippen LogP contribution in [0.3, 0.4) is 0 Å². The van der Waals surface area contributed by atoms with Gasteiger partial charge in [-0.3, -0.25) is 9.78 Å². The first kappa shape index (κ1) is 16.4. The Morgan fingerprint density at radius 1 is 1.38 bits per heavy atom. The first-order chi connectivity index (χ1) is 11.6. The van der Waals surface area contributed by atoms with Crippen LogP contribution in [-0.2, 0) is 16.0 Å². The summed E-state index contributed by atoms with van der Waals surface area (Å²) in [5, 5.41) is 6.91. The third-order valence-electron chi connectivity index (χ3n) is 4.20. The van der Waals surface area contributed by atoms with E-state index in [-0.39, 0.29) is 18.4 Å². The van der Waals surface area contributed by atoms with Crippen LogP contribution in [0.15, 0.2) is 16.9 Å². The van der Waals surface area contributed by atoms with Gasteiger partial charge in [0.1, 0.15) is 23.4 Å². The molecule has 1 amide bonds. The summed E-state index contributed by atoms with van der Waals surface area (Å²) in [6.45, 7) is 5.16. The van der Waals surface area contributed by atoms with E-state index in [4.69, 9.17) is 9.26 Å². The van der Waals surface area contributed by atoms with Crippen LogP contribution in [0.1, 0.15) is 28.8 Å². The molecule has 24 heavy (non-hydrogen) atoms. The highest BCUT2D eigenvalue weighted by Gasteiger charge is 2.29. The summed E-state index contributed by atoms with van der Waals surface area (Å²) < 4.78 is 10.9. The predicted octanol–water partition coefficient (Wildman–Crippen LogP) is 1.27. The first-order valence-electron chi connectivity index (χ1n) is 7.90. The van der Waals surface area contributed by atoms with Crippen molar-refractivity contribution in [3.05, 3.63) is 35.1 Å². The highest BCUT2D eigenvalue weighted by atomic mass is 16.5. The maximum atomic E-state index is 12.7. The Morgan fingerprint density at radius 2 is 2.17 bits per heavy atom. The van der Waals surface area contributed by atoms with Crippen molar-refractivity contribution in [3.63, 3.8) is 0 Å². The lowest BCUT2D eigenvalue weighted by molar-refractivity contribution is -0.138. The van der Waals surface area contributed by atoms with E-state index in [9.17, 15) is 4.79 Å². The number of rotatable bonds is 4. The molecule has 1 atom stereocenters. The summed E-state index contributed by atoms with van der Waals surface area (Å²) in [4.78, 5) is 23.1. The second kappa shape index (κ2) is 6.96. The van der Waals surface area contributed by atoms with Gasteiger partial charge in [-0.15, -0.1) is 0 Å². The van der Waals surface area contributed by atoms with Gasteiger partial charge in [0.25, 0.3) is 0 Å². The standard InChI is InChI=1S/C16H21N5O3/c1-10-12(11(2)24-20-10)8-14(22)21-6-7-23-13(9-21)15-16(17-3)19-5-4-18-15/h4-5,13H,6-9H2,1-3H3,(H,17,19)/t13-/m1/s1. The van der Waals surface area contributed by atoms with Gasteiger partial charge in [-0.2, -0.15) is 0 Å². The Hall–Kier alpha value is -2.48. The fourth-order valence-electron chi connectivity index (χ4n) is 2.84. The van der Waals surface area contributed by atoms with Gasteiger partial charge in [-0.25, -0.2) is 4.98 Å². The van der Waals surface area contributed by atoms with Crippen molar-refractivity contribution in [2.75, 3.05) is 32.1 Å². The van der Waals surface area contributed by atoms with E-state index in [0.717, 1.165) is 17.0 Å². The van der Waals surface area contributed by atoms with Gasteiger partial charge in [0.15, 0.2) is 0 Å². The number of anilines is 1. The molecule has 0 saturated carbocycles. The topological polar surface area (TPSA) is 93.4 Å². The Labute approximate surface area is 140 Å². The average molecular weight is 331 g/mol. The Morgan fingerprint density at radius 3 is 2.88 bits per heavy atom. The molecule has 0 radical (unpaired) electrons. The van der Waals surface area contributed by atoms with Gasteiger partial charge in [0, 0.05) is 31.5 Å². The number of nitrogens with one attached hydrogen (secondary N) is 1. The van der Waals surface area contributed by atoms with E-state index in [1.54, 1.807) is 24.3 Å². The number of aryl methyl sites for hydroxylation is 2. The van der Waals surface area contributed by atoms with E-state index in [1.165, 1.54) is 0 Å². The van der Waals surface area contributed by atoms with E-state index in [0.29, 0.717) is 31.3 Å². The largest absolute Gasteiger partial charge is 0.372 e. The molecule has 2 aromatic rings. The summed E-state index contributed by atoms with van der Waals surface area (Å²) in [5.41, 5.74) is 2.34. The minimum atomic E-state index is -0.288. The summed E-state index contributed by atoms with van der Waals surface area (Å²) >= 11 is 0. The molecule has 1 aliphatic heterocycles. The maximum absolute atomic E-state index is 12.7. The van der Waals surface area contributed by atoms with Crippen LogP contribution in [0.5, 0.6) is 0 Å². The molecule has 8 nitrogen and oxygen atoms in total. The monoisotopic (exact) mass is 331 g/mol. The fourth-order valence-corrected chi connectivity index (χ4v) is 2.84. The maximum Gasteiger partial charge on any atom is 0.227 e. The lowest BCUT2D eigenvalue weighted by Gasteiger charge is -2.33. The lowest BCUT2D eigenvalue weighted by atomic mass is 10.1. The molecular weight excluding hydrogens is 310 g/mol. The van der Waals surface area contributed by atoms with Crippen LogP contribution >= 0.6 is 0 Å². The summed E-state index contributed by atoms with van der Waals surface area (Å²) in [5.74, 6) is 1.40. The number of nitrogens with zero attached hydrogens (tertiary/aromatic N) is 4. The van der Waals surface area contributed by atoms with Gasteiger partial charge >= 0.3 is 0 Å². The average Bonchev–Trinajstić information content (AvgIpc) is 2.93. The first-order valence-corrected chi connectivity index (χ1v) is 7.90. The van der Waals surface area contributed by atoms with E-state index in [1.807, 2.05) is 13.8 Å². The minimum absolute atomic E-state index is 0.0348. The van der Waals surface area contributed by atoms with E-state index >= 15 is 0 Å². The fraction of sp³-hybridized carbons (Fsp3) is 0.500. The van der Waals surface area contributed by atoms with Crippen molar-refractivity contribution in [3.8, 4) is 0 Å². The molecule has 3 rings (SSSR count). The van der Waals surface area contributed by atoms with Crippen LogP contribution in [0, 0.1) is 13.8 Å². The Balaban J connectivity index is 1.72. The molecule has 0 spiro atoms. The molecule has 128 valence electrons. The molecule has 0 unspecified atom stereocenters. The summed E-state index contributed by atoms with van der Waals surface area (Å²) in [6, 6.07) is 0. The van der Waals surface area contributed by atoms with Crippen molar-refractivity contribution in [2.24, 2.45) is 0 Å². The zero-order valence-electron chi connectivity index (χ0n) is 14.1. The van der Waals surface area contributed by atoms with E-state index in [2.05, 4.69) is 20.4 Å². The number of hydrogen-bond donors (Lipinski definition) is 1. The summed E-state index contributed by atoms with van der Waals surface area (Å²) in [6.07, 6.45) is 3.25. The zero-order chi connectivity index (χ0) is 17.1. The predicted molar refractivity (Wildman–Crippen MR) is 86.5 cm³/mol. The third-order valence-corrected chi connectivity index (χ3v) is 4.20. The van der Waals surface area contributed by atoms with Crippen LogP contribution in [0.2, 0.25) is 0 Å². The molecule has 3 heterocycles. The lowest BCUT2D eigenvalue weighted by Crippen LogP contribution is -2.43. The highest BCUT2D eigenvalue weighted by molar-refractivity contribution is 5.79. The van der Waals surface area contributed by atoms with Gasteiger partial charge in [-0.05, 0) is 13.8 Å². The highest BCUT2D eigenvalue weighted by Crippen LogP contribution is 2.25. The molecular formula is C16H21N5O3. The normalized spacial score (nSPS) is 17.8. The zero-order valence-corrected chi connectivity index (χ0v) is 14.1. The van der Waals surface area contributed by atoms with Gasteiger partial charge in [0.05, 0.1) is 25.3 Å². The second-order valence-corrected chi connectivity index (χ2v) is 5.72. The van der Waals surface area contributed by atoms with Gasteiger partial charge < -0.3 is 19.5 Å². The third kappa shape index (κ3) is 3.23. The van der Waals surface area contributed by atoms with Gasteiger partial charge in [0.2, 0.25) is 5.91 Å². The molecule has 0 aliphatic carbocycles. The molecule has 2 aromatic heterocycles. The molecule has 1 fully saturated rings. The smallest absolute Gasteiger partial charge is 0.227 e. The van der Waals surface area contributed by atoms with Crippen LogP contribution in [0.25, 0.3) is 0 Å². The number of carbonyl (C=O) groups excluding carboxylic acids is 1. The number of amides is 1. The van der Waals surface area contributed by atoms with Crippen LogP contribution in [0.4, 0.5) is 5.82 Å². The minimum Gasteiger partial charge on any atom is -0.372 e. The summed E-state index contributed by atoms with van der Waals surface area (Å²) in [7, 11) is 1.79. The number of aromatic nitrogens is 3. The molecule has 1 aliphatic rings. The van der Waals surface area contributed by atoms with Crippen molar-refractivity contribution >= 4 is 11.7 Å². The SMILES string of the molecule is CNc1nccnc1[C@H]1CN(C(=O)Cc2c(C)noc2C)CCO1. The Kier molecular flexibility index (Phi) is 4.75. The molecule has 1 saturated heterocycles. The molecule has 0 aromatic carbocycles. The van der Waals surface area contributed by atoms with E-state index < -0.39 is 0 Å². The number of hydrogen-bond acceptors (Lipinski definition) is 7. The number of carbonyl (C=O) groups is 1.